The maximum Gasteiger partial charge on any atom is 0.0257 e. The molecule has 94 valence electrons. The van der Waals surface area contributed by atoms with E-state index in [1.165, 1.54) is 43.2 Å². The second-order valence-electron chi connectivity index (χ2n) is 5.50. The molecule has 0 aromatic heterocycles. The monoisotopic (exact) mass is 250 g/mol. The molecule has 0 aliphatic heterocycles. The summed E-state index contributed by atoms with van der Waals surface area (Å²) in [6.07, 6.45) is 8.19. The van der Waals surface area contributed by atoms with E-state index >= 15 is 0 Å². The fourth-order valence-corrected chi connectivity index (χ4v) is 3.34. The van der Waals surface area contributed by atoms with E-state index in [2.05, 4.69) is 31.2 Å². The average Bonchev–Trinajstić information content (AvgIpc) is 2.39. The van der Waals surface area contributed by atoms with Crippen LogP contribution in [0.2, 0.25) is 0 Å². The Morgan fingerprint density at radius 1 is 1.12 bits per heavy atom. The normalized spacial score (nSPS) is 19.2. The lowest BCUT2D eigenvalue weighted by atomic mass is 9.78. The molecule has 1 unspecified atom stereocenters. The van der Waals surface area contributed by atoms with Gasteiger partial charge in [0.2, 0.25) is 0 Å². The summed E-state index contributed by atoms with van der Waals surface area (Å²) in [5.74, 6) is 2.36. The van der Waals surface area contributed by atoms with E-state index in [0.717, 1.165) is 18.2 Å². The zero-order chi connectivity index (χ0) is 12.1. The molecule has 1 aliphatic rings. The van der Waals surface area contributed by atoms with Crippen LogP contribution in [0, 0.1) is 18.8 Å². The van der Waals surface area contributed by atoms with Crippen LogP contribution in [0.15, 0.2) is 24.3 Å². The van der Waals surface area contributed by atoms with Crippen molar-refractivity contribution in [2.24, 2.45) is 11.8 Å². The molecule has 1 heteroatoms. The highest BCUT2D eigenvalue weighted by molar-refractivity contribution is 6.18. The van der Waals surface area contributed by atoms with Crippen LogP contribution in [0.3, 0.4) is 0 Å². The third-order valence-electron chi connectivity index (χ3n) is 4.13. The number of aryl methyl sites for hydroxylation is 1. The highest BCUT2D eigenvalue weighted by Gasteiger charge is 2.22. The van der Waals surface area contributed by atoms with E-state index in [4.69, 9.17) is 11.6 Å². The van der Waals surface area contributed by atoms with Crippen molar-refractivity contribution >= 4 is 11.6 Å². The molecule has 1 saturated carbocycles. The second kappa shape index (κ2) is 6.44. The predicted octanol–water partition coefficient (Wildman–Crippen LogP) is 4.97. The second-order valence-corrected chi connectivity index (χ2v) is 5.81. The van der Waals surface area contributed by atoms with Crippen LogP contribution in [0.1, 0.15) is 43.2 Å². The van der Waals surface area contributed by atoms with Crippen LogP contribution in [0.5, 0.6) is 0 Å². The first-order valence-corrected chi connectivity index (χ1v) is 7.44. The molecule has 0 amide bonds. The zero-order valence-corrected chi connectivity index (χ0v) is 11.5. The van der Waals surface area contributed by atoms with Gasteiger partial charge in [0.1, 0.15) is 0 Å². The Balaban J connectivity index is 1.96. The standard InChI is InChI=1S/C16H23Cl/c1-13-7-9-14(10-8-13)11-16(12-17)15-5-3-2-4-6-15/h7-10,15-16H,2-6,11-12H2,1H3. The Morgan fingerprint density at radius 2 is 1.76 bits per heavy atom. The van der Waals surface area contributed by atoms with Gasteiger partial charge < -0.3 is 0 Å². The number of hydrogen-bond acceptors (Lipinski definition) is 0. The maximum atomic E-state index is 6.18. The van der Waals surface area contributed by atoms with E-state index in [9.17, 15) is 0 Å². The molecular weight excluding hydrogens is 228 g/mol. The van der Waals surface area contributed by atoms with Crippen molar-refractivity contribution in [3.63, 3.8) is 0 Å². The maximum absolute atomic E-state index is 6.18. The van der Waals surface area contributed by atoms with Gasteiger partial charge in [0, 0.05) is 5.88 Å². The highest BCUT2D eigenvalue weighted by atomic mass is 35.5. The van der Waals surface area contributed by atoms with Crippen LogP contribution >= 0.6 is 11.6 Å². The largest absolute Gasteiger partial charge is 0.126 e. The van der Waals surface area contributed by atoms with Crippen molar-refractivity contribution in [2.75, 3.05) is 5.88 Å². The van der Waals surface area contributed by atoms with Gasteiger partial charge in [-0.25, -0.2) is 0 Å². The van der Waals surface area contributed by atoms with Gasteiger partial charge in [0.15, 0.2) is 0 Å². The smallest absolute Gasteiger partial charge is 0.0257 e. The fourth-order valence-electron chi connectivity index (χ4n) is 2.98. The quantitative estimate of drug-likeness (QED) is 0.662. The van der Waals surface area contributed by atoms with Gasteiger partial charge >= 0.3 is 0 Å². The predicted molar refractivity (Wildman–Crippen MR) is 75.7 cm³/mol. The van der Waals surface area contributed by atoms with E-state index < -0.39 is 0 Å². The molecule has 0 bridgehead atoms. The average molecular weight is 251 g/mol. The topological polar surface area (TPSA) is 0 Å². The number of benzene rings is 1. The highest BCUT2D eigenvalue weighted by Crippen LogP contribution is 2.32. The van der Waals surface area contributed by atoms with Gasteiger partial charge in [-0.3, -0.25) is 0 Å². The molecule has 1 aliphatic carbocycles. The van der Waals surface area contributed by atoms with Crippen molar-refractivity contribution in [1.82, 2.24) is 0 Å². The van der Waals surface area contributed by atoms with Crippen LogP contribution < -0.4 is 0 Å². The Bertz CT molecular complexity index is 322. The minimum atomic E-state index is 0.680. The summed E-state index contributed by atoms with van der Waals surface area (Å²) in [6, 6.07) is 8.94. The molecular formula is C16H23Cl. The molecule has 2 rings (SSSR count). The van der Waals surface area contributed by atoms with Crippen LogP contribution in [0.25, 0.3) is 0 Å². The number of hydrogen-bond donors (Lipinski definition) is 0. The van der Waals surface area contributed by atoms with Crippen LogP contribution in [-0.2, 0) is 6.42 Å². The molecule has 1 aromatic carbocycles. The first-order chi connectivity index (χ1) is 8.29. The first-order valence-electron chi connectivity index (χ1n) is 6.91. The fraction of sp³-hybridized carbons (Fsp3) is 0.625. The molecule has 0 radical (unpaired) electrons. The zero-order valence-electron chi connectivity index (χ0n) is 10.8. The van der Waals surface area contributed by atoms with Gasteiger partial charge in [-0.15, -0.1) is 11.6 Å². The molecule has 1 fully saturated rings. The number of alkyl halides is 1. The Morgan fingerprint density at radius 3 is 2.35 bits per heavy atom. The number of halogens is 1. The third-order valence-corrected chi connectivity index (χ3v) is 4.53. The summed E-state index contributed by atoms with van der Waals surface area (Å²) in [6.45, 7) is 2.14. The lowest BCUT2D eigenvalue weighted by molar-refractivity contribution is 0.265. The minimum Gasteiger partial charge on any atom is -0.126 e. The van der Waals surface area contributed by atoms with Gasteiger partial charge in [-0.05, 0) is 30.7 Å². The van der Waals surface area contributed by atoms with Crippen molar-refractivity contribution in [3.05, 3.63) is 35.4 Å². The van der Waals surface area contributed by atoms with Gasteiger partial charge in [0.05, 0.1) is 0 Å². The summed E-state index contributed by atoms with van der Waals surface area (Å²) in [7, 11) is 0. The van der Waals surface area contributed by atoms with E-state index in [0.29, 0.717) is 5.92 Å². The van der Waals surface area contributed by atoms with Gasteiger partial charge in [-0.2, -0.15) is 0 Å². The molecule has 1 aromatic rings. The van der Waals surface area contributed by atoms with Crippen LogP contribution in [-0.4, -0.2) is 5.88 Å². The van der Waals surface area contributed by atoms with Crippen LogP contribution in [0.4, 0.5) is 0 Å². The Hall–Kier alpha value is -0.490. The van der Waals surface area contributed by atoms with E-state index in [1.54, 1.807) is 0 Å². The molecule has 0 spiro atoms. The van der Waals surface area contributed by atoms with Crippen molar-refractivity contribution in [1.29, 1.82) is 0 Å². The molecule has 1 atom stereocenters. The molecule has 17 heavy (non-hydrogen) atoms. The third kappa shape index (κ3) is 3.74. The van der Waals surface area contributed by atoms with E-state index in [1.807, 2.05) is 0 Å². The molecule has 0 nitrogen and oxygen atoms in total. The summed E-state index contributed by atoms with van der Waals surface area (Å²) < 4.78 is 0. The van der Waals surface area contributed by atoms with Crippen molar-refractivity contribution < 1.29 is 0 Å². The van der Waals surface area contributed by atoms with Crippen molar-refractivity contribution in [2.45, 2.75) is 45.4 Å². The van der Waals surface area contributed by atoms with Crippen molar-refractivity contribution in [3.8, 4) is 0 Å². The van der Waals surface area contributed by atoms with Gasteiger partial charge in [0.25, 0.3) is 0 Å². The first kappa shape index (κ1) is 13.0. The summed E-state index contributed by atoms with van der Waals surface area (Å²) in [5.41, 5.74) is 2.79. The molecule has 0 heterocycles. The summed E-state index contributed by atoms with van der Waals surface area (Å²) >= 11 is 6.18. The minimum absolute atomic E-state index is 0.680. The lowest BCUT2D eigenvalue weighted by Crippen LogP contribution is -2.21. The summed E-state index contributed by atoms with van der Waals surface area (Å²) in [5, 5.41) is 0. The lowest BCUT2D eigenvalue weighted by Gasteiger charge is -2.29. The Labute approximate surface area is 110 Å². The Kier molecular flexibility index (Phi) is 4.91. The number of rotatable bonds is 4. The molecule has 0 saturated heterocycles. The summed E-state index contributed by atoms with van der Waals surface area (Å²) in [4.78, 5) is 0. The SMILES string of the molecule is Cc1ccc(CC(CCl)C2CCCCC2)cc1. The van der Waals surface area contributed by atoms with Gasteiger partial charge in [-0.1, -0.05) is 61.9 Å². The molecule has 0 N–H and O–H groups in total. The van der Waals surface area contributed by atoms with E-state index in [-0.39, 0.29) is 0 Å².